The Balaban J connectivity index is 1.31. The van der Waals surface area contributed by atoms with Gasteiger partial charge in [-0.15, -0.1) is 0 Å². The van der Waals surface area contributed by atoms with E-state index in [4.69, 9.17) is 4.74 Å². The summed E-state index contributed by atoms with van der Waals surface area (Å²) in [6, 6.07) is 3.16. The monoisotopic (exact) mass is 575 g/mol. The number of alkyl halides is 6. The number of likely N-dealkylation sites (tertiary alicyclic amines) is 1. The molecular weight excluding hydrogens is 552 g/mol. The number of pyridine rings is 1. The Morgan fingerprint density at radius 2 is 1.82 bits per heavy atom. The van der Waals surface area contributed by atoms with E-state index in [0.717, 1.165) is 17.7 Å². The van der Waals surface area contributed by atoms with Crippen LogP contribution in [0.2, 0.25) is 0 Å². The number of hydrogen-bond donors (Lipinski definition) is 2. The molecule has 0 atom stereocenters. The molecule has 0 spiro atoms. The third-order valence-corrected chi connectivity index (χ3v) is 6.66. The fourth-order valence-corrected chi connectivity index (χ4v) is 4.60. The lowest BCUT2D eigenvalue weighted by Crippen LogP contribution is -2.39. The maximum absolute atomic E-state index is 12.9. The van der Waals surface area contributed by atoms with Crippen LogP contribution in [0.15, 0.2) is 30.7 Å². The van der Waals surface area contributed by atoms with Crippen molar-refractivity contribution in [3.8, 4) is 5.88 Å². The van der Waals surface area contributed by atoms with Crippen LogP contribution in [0, 0.1) is 6.92 Å². The van der Waals surface area contributed by atoms with E-state index in [1.807, 2.05) is 0 Å². The van der Waals surface area contributed by atoms with E-state index in [2.05, 4.69) is 30.0 Å². The molecule has 0 radical (unpaired) electrons. The minimum atomic E-state index is -4.62. The number of halogens is 6. The van der Waals surface area contributed by atoms with Crippen molar-refractivity contribution in [1.82, 2.24) is 24.2 Å². The van der Waals surface area contributed by atoms with Gasteiger partial charge in [0, 0.05) is 25.7 Å². The Morgan fingerprint density at radius 3 is 2.41 bits per heavy atom. The lowest BCUT2D eigenvalue weighted by molar-refractivity contribution is -0.141. The van der Waals surface area contributed by atoms with Crippen LogP contribution in [0.1, 0.15) is 41.0 Å². The van der Waals surface area contributed by atoms with Crippen molar-refractivity contribution < 1.29 is 35.9 Å². The molecular formula is C23H23F6N7O2S. The van der Waals surface area contributed by atoms with Crippen LogP contribution in [0.5, 0.6) is 5.88 Å². The number of amides is 1. The molecule has 0 saturated carbocycles. The number of ether oxygens (including phenoxy) is 1. The Hall–Kier alpha value is -3.53. The highest BCUT2D eigenvalue weighted by Gasteiger charge is 2.33. The Kier molecular flexibility index (Phi) is 8.54. The van der Waals surface area contributed by atoms with Crippen molar-refractivity contribution in [3.63, 3.8) is 0 Å². The molecule has 1 saturated heterocycles. The van der Waals surface area contributed by atoms with E-state index in [1.165, 1.54) is 6.20 Å². The minimum absolute atomic E-state index is 0.00931. The standard InChI is InChI=1S/C23H23F6N7O2S/c1-13-19(21(39-35-13)34-17-12-30-16(11-31-17)23(27,28)29)20(37)33-14-2-3-18(32-10-14)38-15-4-7-36(8-5-15)9-6-22(24,25)26/h2-3,10-12,15H,4-9H2,1H3,(H,31,34)(H,33,37). The van der Waals surface area contributed by atoms with E-state index < -0.39 is 30.4 Å². The normalized spacial score (nSPS) is 15.3. The predicted molar refractivity (Wildman–Crippen MR) is 130 cm³/mol. The van der Waals surface area contributed by atoms with Crippen molar-refractivity contribution in [3.05, 3.63) is 47.7 Å². The van der Waals surface area contributed by atoms with Crippen LogP contribution in [0.4, 0.5) is 42.8 Å². The molecule has 1 amide bonds. The van der Waals surface area contributed by atoms with Gasteiger partial charge in [-0.25, -0.2) is 15.0 Å². The number of anilines is 3. The van der Waals surface area contributed by atoms with Crippen molar-refractivity contribution in [2.24, 2.45) is 0 Å². The molecule has 1 fully saturated rings. The lowest BCUT2D eigenvalue weighted by atomic mass is 10.1. The summed E-state index contributed by atoms with van der Waals surface area (Å²) in [6.07, 6.45) is -5.78. The molecule has 3 aromatic rings. The highest BCUT2D eigenvalue weighted by molar-refractivity contribution is 7.10. The van der Waals surface area contributed by atoms with Crippen molar-refractivity contribution in [2.75, 3.05) is 30.3 Å². The maximum atomic E-state index is 12.9. The third kappa shape index (κ3) is 7.98. The van der Waals surface area contributed by atoms with Crippen LogP contribution < -0.4 is 15.4 Å². The Morgan fingerprint density at radius 1 is 1.08 bits per heavy atom. The first-order valence-corrected chi connectivity index (χ1v) is 12.5. The summed E-state index contributed by atoms with van der Waals surface area (Å²) in [7, 11) is 0. The van der Waals surface area contributed by atoms with Crippen LogP contribution in [0.25, 0.3) is 0 Å². The van der Waals surface area contributed by atoms with Gasteiger partial charge < -0.3 is 20.3 Å². The second-order valence-electron chi connectivity index (χ2n) is 8.75. The van der Waals surface area contributed by atoms with Crippen LogP contribution in [0.3, 0.4) is 0 Å². The lowest BCUT2D eigenvalue weighted by Gasteiger charge is -2.32. The van der Waals surface area contributed by atoms with Crippen molar-refractivity contribution >= 4 is 33.9 Å². The van der Waals surface area contributed by atoms with Crippen molar-refractivity contribution in [1.29, 1.82) is 0 Å². The fraction of sp³-hybridized carbons (Fsp3) is 0.435. The molecule has 9 nitrogen and oxygen atoms in total. The number of rotatable bonds is 8. The fourth-order valence-electron chi connectivity index (χ4n) is 3.80. The summed E-state index contributed by atoms with van der Waals surface area (Å²) in [5, 5.41) is 5.73. The minimum Gasteiger partial charge on any atom is -0.474 e. The average molecular weight is 576 g/mol. The zero-order chi connectivity index (χ0) is 28.2. The number of carbonyl (C=O) groups excluding carboxylic acids is 1. The first-order chi connectivity index (χ1) is 18.4. The molecule has 1 aliphatic rings. The summed E-state index contributed by atoms with van der Waals surface area (Å²) in [6.45, 7) is 2.57. The molecule has 0 aliphatic carbocycles. The Bertz CT molecular complexity index is 1260. The summed E-state index contributed by atoms with van der Waals surface area (Å²) in [4.78, 5) is 25.9. The zero-order valence-corrected chi connectivity index (χ0v) is 21.3. The topological polar surface area (TPSA) is 105 Å². The van der Waals surface area contributed by atoms with Crippen LogP contribution in [-0.4, -0.2) is 62.0 Å². The molecule has 2 N–H and O–H groups in total. The summed E-state index contributed by atoms with van der Waals surface area (Å²) >= 11 is 0.939. The van der Waals surface area contributed by atoms with Gasteiger partial charge in [-0.05, 0) is 37.4 Å². The van der Waals surface area contributed by atoms with Gasteiger partial charge in [0.05, 0.1) is 42.0 Å². The molecule has 1 aliphatic heterocycles. The summed E-state index contributed by atoms with van der Waals surface area (Å²) < 4.78 is 85.3. The van der Waals surface area contributed by atoms with Crippen molar-refractivity contribution in [2.45, 2.75) is 44.6 Å². The van der Waals surface area contributed by atoms with Gasteiger partial charge in [0.15, 0.2) is 5.69 Å². The number of piperidine rings is 1. The van der Waals surface area contributed by atoms with E-state index >= 15 is 0 Å². The molecule has 4 rings (SSSR count). The van der Waals surface area contributed by atoms with Gasteiger partial charge in [0.25, 0.3) is 5.91 Å². The average Bonchev–Trinajstić information content (AvgIpc) is 3.24. The first kappa shape index (κ1) is 28.5. The summed E-state index contributed by atoms with van der Waals surface area (Å²) in [5.74, 6) is -0.196. The number of hydrogen-bond acceptors (Lipinski definition) is 9. The van der Waals surface area contributed by atoms with E-state index in [-0.39, 0.29) is 29.0 Å². The Labute approximate surface area is 222 Å². The number of nitrogens with one attached hydrogen (secondary N) is 2. The molecule has 3 aromatic heterocycles. The maximum Gasteiger partial charge on any atom is 0.434 e. The molecule has 16 heteroatoms. The second-order valence-corrected chi connectivity index (χ2v) is 9.52. The SMILES string of the molecule is Cc1nsc(Nc2cnc(C(F)(F)F)cn2)c1C(=O)Nc1ccc(OC2CCN(CCC(F)(F)F)CC2)nc1. The third-order valence-electron chi connectivity index (χ3n) is 5.80. The van der Waals surface area contributed by atoms with Gasteiger partial charge in [0.1, 0.15) is 16.9 Å². The molecule has 39 heavy (non-hydrogen) atoms. The second kappa shape index (κ2) is 11.7. The number of aryl methyl sites for hydroxylation is 1. The largest absolute Gasteiger partial charge is 0.474 e. The van der Waals surface area contributed by atoms with E-state index in [0.29, 0.717) is 49.4 Å². The quantitative estimate of drug-likeness (QED) is 0.342. The van der Waals surface area contributed by atoms with Gasteiger partial charge in [-0.2, -0.15) is 30.7 Å². The zero-order valence-electron chi connectivity index (χ0n) is 20.4. The van der Waals surface area contributed by atoms with Crippen LogP contribution >= 0.6 is 11.5 Å². The molecule has 0 bridgehead atoms. The molecule has 0 unspecified atom stereocenters. The van der Waals surface area contributed by atoms with Gasteiger partial charge in [-0.3, -0.25) is 4.79 Å². The highest BCUT2D eigenvalue weighted by atomic mass is 32.1. The molecule has 210 valence electrons. The first-order valence-electron chi connectivity index (χ1n) is 11.7. The van der Waals surface area contributed by atoms with E-state index in [9.17, 15) is 31.1 Å². The van der Waals surface area contributed by atoms with Gasteiger partial charge in [-0.1, -0.05) is 0 Å². The molecule has 0 aromatic carbocycles. The smallest absolute Gasteiger partial charge is 0.434 e. The van der Waals surface area contributed by atoms with Gasteiger partial charge in [0.2, 0.25) is 5.88 Å². The van der Waals surface area contributed by atoms with E-state index in [1.54, 1.807) is 24.0 Å². The number of carbonyl (C=O) groups is 1. The van der Waals surface area contributed by atoms with Gasteiger partial charge >= 0.3 is 12.4 Å². The predicted octanol–water partition coefficient (Wildman–Crippen LogP) is 5.45. The number of aromatic nitrogens is 4. The number of nitrogens with zero attached hydrogens (tertiary/aromatic N) is 5. The molecule has 4 heterocycles. The van der Waals surface area contributed by atoms with Crippen LogP contribution in [-0.2, 0) is 6.18 Å². The highest BCUT2D eigenvalue weighted by Crippen LogP contribution is 2.30. The summed E-state index contributed by atoms with van der Waals surface area (Å²) in [5.41, 5.74) is -0.202.